The molecule has 162 valence electrons. The van der Waals surface area contributed by atoms with Crippen LogP contribution in [0.1, 0.15) is 27.9 Å². The quantitative estimate of drug-likeness (QED) is 0.480. The van der Waals surface area contributed by atoms with Crippen LogP contribution in [-0.4, -0.2) is 52.5 Å². The molecule has 1 aliphatic rings. The van der Waals surface area contributed by atoms with Crippen molar-refractivity contribution in [3.05, 3.63) is 90.1 Å². The van der Waals surface area contributed by atoms with E-state index in [0.717, 1.165) is 23.1 Å². The molecule has 1 fully saturated rings. The summed E-state index contributed by atoms with van der Waals surface area (Å²) >= 11 is 0. The summed E-state index contributed by atoms with van der Waals surface area (Å²) in [6, 6.07) is 19.8. The van der Waals surface area contributed by atoms with Crippen LogP contribution < -0.4 is 4.74 Å². The first kappa shape index (κ1) is 20.2. The second kappa shape index (κ2) is 8.80. The van der Waals surface area contributed by atoms with Crippen LogP contribution >= 0.6 is 0 Å². The van der Waals surface area contributed by atoms with Gasteiger partial charge in [0.2, 0.25) is 0 Å². The minimum absolute atomic E-state index is 0.120. The van der Waals surface area contributed by atoms with Crippen molar-refractivity contribution in [2.45, 2.75) is 12.6 Å². The molecular weight excluding hydrogens is 404 g/mol. The molecule has 0 saturated carbocycles. The van der Waals surface area contributed by atoms with Crippen molar-refractivity contribution in [1.82, 2.24) is 19.9 Å². The molecule has 3 heterocycles. The highest BCUT2D eigenvalue weighted by Gasteiger charge is 2.30. The lowest BCUT2D eigenvalue weighted by Gasteiger charge is -2.39. The number of amides is 1. The Labute approximate surface area is 186 Å². The summed E-state index contributed by atoms with van der Waals surface area (Å²) in [4.78, 5) is 21.3. The number of carbonyl (C=O) groups excluding carboxylic acids is 1. The van der Waals surface area contributed by atoms with Crippen molar-refractivity contribution in [2.24, 2.45) is 0 Å². The number of benzene rings is 2. The summed E-state index contributed by atoms with van der Waals surface area (Å²) in [6.07, 6.45) is 3.53. The van der Waals surface area contributed by atoms with Crippen molar-refractivity contribution < 1.29 is 14.1 Å². The van der Waals surface area contributed by atoms with Gasteiger partial charge in [-0.2, -0.15) is 0 Å². The third-order valence-electron chi connectivity index (χ3n) is 5.91. The number of fused-ring (bicyclic) bond motifs is 1. The number of ether oxygens (including phenoxy) is 1. The Morgan fingerprint density at radius 3 is 2.88 bits per heavy atom. The molecule has 2 aromatic heterocycles. The zero-order chi connectivity index (χ0) is 21.9. The summed E-state index contributed by atoms with van der Waals surface area (Å²) in [5.74, 6) is 1.12. The molecule has 4 aromatic rings. The number of carbonyl (C=O) groups is 1. The van der Waals surface area contributed by atoms with Gasteiger partial charge in [0.05, 0.1) is 6.04 Å². The SMILES string of the molecule is CN1CCN(C(=O)c2cc(COc3cccc4cnccc34)on2)CC1c1ccccc1. The predicted octanol–water partition coefficient (Wildman–Crippen LogP) is 3.93. The molecule has 1 unspecified atom stereocenters. The molecule has 0 radical (unpaired) electrons. The molecule has 1 atom stereocenters. The number of aromatic nitrogens is 2. The van der Waals surface area contributed by atoms with Crippen LogP contribution in [0.2, 0.25) is 0 Å². The average molecular weight is 428 g/mol. The number of hydrogen-bond donors (Lipinski definition) is 0. The standard InChI is InChI=1S/C25H24N4O3/c1-28-12-13-29(16-23(28)18-6-3-2-4-7-18)25(30)22-14-20(32-27-22)17-31-24-9-5-8-19-15-26-11-10-21(19)24/h2-11,14-15,23H,12-13,16-17H2,1H3. The van der Waals surface area contributed by atoms with Gasteiger partial charge in [-0.25, -0.2) is 0 Å². The molecule has 0 aliphatic carbocycles. The highest BCUT2D eigenvalue weighted by molar-refractivity contribution is 5.92. The summed E-state index contributed by atoms with van der Waals surface area (Å²) in [7, 11) is 2.09. The van der Waals surface area contributed by atoms with Crippen LogP contribution in [-0.2, 0) is 6.61 Å². The van der Waals surface area contributed by atoms with Crippen molar-refractivity contribution in [2.75, 3.05) is 26.7 Å². The van der Waals surface area contributed by atoms with Crippen LogP contribution in [0.15, 0.2) is 77.6 Å². The summed E-state index contributed by atoms with van der Waals surface area (Å²) in [6.45, 7) is 2.26. The van der Waals surface area contributed by atoms with Gasteiger partial charge in [-0.1, -0.05) is 47.6 Å². The van der Waals surface area contributed by atoms with Crippen molar-refractivity contribution in [3.8, 4) is 5.75 Å². The maximum Gasteiger partial charge on any atom is 0.276 e. The van der Waals surface area contributed by atoms with E-state index in [1.165, 1.54) is 5.56 Å². The van der Waals surface area contributed by atoms with Gasteiger partial charge in [0.25, 0.3) is 5.91 Å². The molecule has 2 aromatic carbocycles. The third kappa shape index (κ3) is 4.07. The predicted molar refractivity (Wildman–Crippen MR) is 120 cm³/mol. The number of hydrogen-bond acceptors (Lipinski definition) is 6. The molecule has 7 nitrogen and oxygen atoms in total. The van der Waals surface area contributed by atoms with Crippen LogP contribution in [0.4, 0.5) is 0 Å². The Bertz CT molecular complexity index is 1220. The van der Waals surface area contributed by atoms with E-state index in [1.54, 1.807) is 18.5 Å². The molecule has 1 saturated heterocycles. The Balaban J connectivity index is 1.26. The minimum atomic E-state index is -0.120. The topological polar surface area (TPSA) is 71.7 Å². The first-order valence-electron chi connectivity index (χ1n) is 10.6. The summed E-state index contributed by atoms with van der Waals surface area (Å²) < 4.78 is 11.3. The molecule has 0 bridgehead atoms. The zero-order valence-electron chi connectivity index (χ0n) is 17.8. The number of rotatable bonds is 5. The Morgan fingerprint density at radius 1 is 1.12 bits per heavy atom. The van der Waals surface area contributed by atoms with E-state index in [4.69, 9.17) is 9.26 Å². The molecule has 5 rings (SSSR count). The molecular formula is C25H24N4O3. The van der Waals surface area contributed by atoms with E-state index in [1.807, 2.05) is 47.4 Å². The molecule has 32 heavy (non-hydrogen) atoms. The molecule has 1 aliphatic heterocycles. The Morgan fingerprint density at radius 2 is 2.00 bits per heavy atom. The van der Waals surface area contributed by atoms with Gasteiger partial charge in [0.1, 0.15) is 12.4 Å². The van der Waals surface area contributed by atoms with Crippen LogP contribution in [0.5, 0.6) is 5.75 Å². The van der Waals surface area contributed by atoms with Crippen molar-refractivity contribution in [1.29, 1.82) is 0 Å². The number of nitrogens with zero attached hydrogens (tertiary/aromatic N) is 4. The summed E-state index contributed by atoms with van der Waals surface area (Å²) in [5.41, 5.74) is 1.51. The van der Waals surface area contributed by atoms with Gasteiger partial charge in [-0.05, 0) is 24.7 Å². The van der Waals surface area contributed by atoms with Crippen LogP contribution in [0.25, 0.3) is 10.8 Å². The number of piperazine rings is 1. The second-order valence-corrected chi connectivity index (χ2v) is 7.98. The summed E-state index contributed by atoms with van der Waals surface area (Å²) in [5, 5.41) is 5.99. The fraction of sp³-hybridized carbons (Fsp3) is 0.240. The fourth-order valence-corrected chi connectivity index (χ4v) is 4.10. The van der Waals surface area contributed by atoms with E-state index >= 15 is 0 Å². The third-order valence-corrected chi connectivity index (χ3v) is 5.91. The average Bonchev–Trinajstić information content (AvgIpc) is 3.32. The number of pyridine rings is 1. The normalized spacial score (nSPS) is 16.9. The molecule has 0 N–H and O–H groups in total. The Kier molecular flexibility index (Phi) is 5.56. The van der Waals surface area contributed by atoms with E-state index in [0.29, 0.717) is 24.5 Å². The monoisotopic (exact) mass is 428 g/mol. The lowest BCUT2D eigenvalue weighted by molar-refractivity contribution is 0.0536. The van der Waals surface area contributed by atoms with Crippen molar-refractivity contribution >= 4 is 16.7 Å². The van der Waals surface area contributed by atoms with Crippen LogP contribution in [0, 0.1) is 0 Å². The van der Waals surface area contributed by atoms with E-state index in [2.05, 4.69) is 34.2 Å². The maximum atomic E-state index is 13.1. The van der Waals surface area contributed by atoms with Gasteiger partial charge >= 0.3 is 0 Å². The lowest BCUT2D eigenvalue weighted by atomic mass is 10.0. The van der Waals surface area contributed by atoms with Gasteiger partial charge < -0.3 is 14.2 Å². The molecule has 7 heteroatoms. The van der Waals surface area contributed by atoms with Gasteiger partial charge in [0.15, 0.2) is 11.5 Å². The lowest BCUT2D eigenvalue weighted by Crippen LogP contribution is -2.49. The van der Waals surface area contributed by atoms with E-state index in [-0.39, 0.29) is 18.6 Å². The molecule has 1 amide bonds. The fourth-order valence-electron chi connectivity index (χ4n) is 4.10. The number of likely N-dealkylation sites (N-methyl/N-ethyl adjacent to an activating group) is 1. The first-order chi connectivity index (χ1) is 15.7. The highest BCUT2D eigenvalue weighted by Crippen LogP contribution is 2.26. The van der Waals surface area contributed by atoms with Crippen molar-refractivity contribution in [3.63, 3.8) is 0 Å². The minimum Gasteiger partial charge on any atom is -0.485 e. The van der Waals surface area contributed by atoms with E-state index in [9.17, 15) is 4.79 Å². The second-order valence-electron chi connectivity index (χ2n) is 7.98. The first-order valence-corrected chi connectivity index (χ1v) is 10.6. The van der Waals surface area contributed by atoms with Gasteiger partial charge in [0, 0.05) is 48.9 Å². The maximum absolute atomic E-state index is 13.1. The highest BCUT2D eigenvalue weighted by atomic mass is 16.5. The Hall–Kier alpha value is -3.71. The van der Waals surface area contributed by atoms with Crippen LogP contribution in [0.3, 0.4) is 0 Å². The smallest absolute Gasteiger partial charge is 0.276 e. The van der Waals surface area contributed by atoms with Gasteiger partial charge in [-0.3, -0.25) is 14.7 Å². The van der Waals surface area contributed by atoms with Gasteiger partial charge in [-0.15, -0.1) is 0 Å². The van der Waals surface area contributed by atoms with E-state index < -0.39 is 0 Å². The molecule has 0 spiro atoms. The largest absolute Gasteiger partial charge is 0.485 e. The zero-order valence-corrected chi connectivity index (χ0v) is 17.8.